The third kappa shape index (κ3) is 1.81. The van der Waals surface area contributed by atoms with Gasteiger partial charge in [-0.3, -0.25) is 0 Å². The van der Waals surface area contributed by atoms with Gasteiger partial charge in [0.15, 0.2) is 0 Å². The normalized spacial score (nSPS) is 10.5. The summed E-state index contributed by atoms with van der Waals surface area (Å²) in [6.45, 7) is 0.879. The molecule has 0 aliphatic carbocycles. The first-order valence-electron chi connectivity index (χ1n) is 5.06. The van der Waals surface area contributed by atoms with Gasteiger partial charge in [-0.2, -0.15) is 0 Å². The average molecular weight is 201 g/mol. The highest BCUT2D eigenvalue weighted by Crippen LogP contribution is 2.28. The summed E-state index contributed by atoms with van der Waals surface area (Å²) in [5, 5.41) is 5.60. The van der Waals surface area contributed by atoms with E-state index < -0.39 is 0 Å². The summed E-state index contributed by atoms with van der Waals surface area (Å²) < 4.78 is 5.34. The Bertz CT molecular complexity index is 465. The van der Waals surface area contributed by atoms with E-state index in [0.29, 0.717) is 0 Å². The Kier molecular flexibility index (Phi) is 2.88. The van der Waals surface area contributed by atoms with Crippen molar-refractivity contribution in [1.29, 1.82) is 0 Å². The summed E-state index contributed by atoms with van der Waals surface area (Å²) in [6, 6.07) is 12.4. The van der Waals surface area contributed by atoms with Crippen LogP contribution in [0.4, 0.5) is 0 Å². The number of hydrogen-bond donors (Lipinski definition) is 1. The molecule has 0 saturated heterocycles. The van der Waals surface area contributed by atoms with Crippen molar-refractivity contribution < 1.29 is 4.74 Å². The van der Waals surface area contributed by atoms with Crippen molar-refractivity contribution >= 4 is 10.8 Å². The lowest BCUT2D eigenvalue weighted by atomic mass is 10.0. The second-order valence-electron chi connectivity index (χ2n) is 3.50. The Morgan fingerprint density at radius 2 is 1.80 bits per heavy atom. The van der Waals surface area contributed by atoms with Crippen molar-refractivity contribution in [2.75, 3.05) is 14.2 Å². The highest BCUT2D eigenvalue weighted by Gasteiger charge is 2.04. The molecule has 1 N–H and O–H groups in total. The smallest absolute Gasteiger partial charge is 0.126 e. The molecule has 0 amide bonds. The molecule has 0 atom stereocenters. The van der Waals surface area contributed by atoms with Gasteiger partial charge in [0.05, 0.1) is 7.11 Å². The maximum atomic E-state index is 5.34. The molecular weight excluding hydrogens is 186 g/mol. The highest BCUT2D eigenvalue weighted by atomic mass is 16.5. The molecule has 0 bridgehead atoms. The third-order valence-electron chi connectivity index (χ3n) is 2.56. The summed E-state index contributed by atoms with van der Waals surface area (Å²) in [7, 11) is 3.67. The summed E-state index contributed by atoms with van der Waals surface area (Å²) in [6.07, 6.45) is 0. The molecule has 15 heavy (non-hydrogen) atoms. The van der Waals surface area contributed by atoms with Gasteiger partial charge in [-0.1, -0.05) is 30.3 Å². The molecule has 0 heterocycles. The number of nitrogens with one attached hydrogen (secondary N) is 1. The second-order valence-corrected chi connectivity index (χ2v) is 3.50. The van der Waals surface area contributed by atoms with Crippen molar-refractivity contribution in [2.24, 2.45) is 0 Å². The van der Waals surface area contributed by atoms with Crippen LogP contribution < -0.4 is 10.1 Å². The van der Waals surface area contributed by atoms with E-state index in [1.165, 1.54) is 16.3 Å². The van der Waals surface area contributed by atoms with E-state index >= 15 is 0 Å². The number of rotatable bonds is 3. The predicted octanol–water partition coefficient (Wildman–Crippen LogP) is 2.57. The molecule has 0 unspecified atom stereocenters. The van der Waals surface area contributed by atoms with Crippen LogP contribution in [0.5, 0.6) is 5.75 Å². The molecule has 2 heteroatoms. The number of methoxy groups -OCH3 is 1. The molecule has 0 aromatic heterocycles. The summed E-state index contributed by atoms with van der Waals surface area (Å²) >= 11 is 0. The standard InChI is InChI=1S/C13H15NO/c1-14-9-10-7-8-13(15-2)12-6-4-3-5-11(10)12/h3-8,14H,9H2,1-2H3. The lowest BCUT2D eigenvalue weighted by Gasteiger charge is -2.09. The van der Waals surface area contributed by atoms with Gasteiger partial charge in [0.1, 0.15) is 5.75 Å². The van der Waals surface area contributed by atoms with Crippen LogP contribution in [-0.4, -0.2) is 14.2 Å². The topological polar surface area (TPSA) is 21.3 Å². The number of fused-ring (bicyclic) bond motifs is 1. The first-order chi connectivity index (χ1) is 7.36. The molecule has 2 rings (SSSR count). The Labute approximate surface area is 89.9 Å². The van der Waals surface area contributed by atoms with Crippen LogP contribution in [0, 0.1) is 0 Å². The summed E-state index contributed by atoms with van der Waals surface area (Å²) in [5.41, 5.74) is 1.30. The predicted molar refractivity (Wildman–Crippen MR) is 63.3 cm³/mol. The Morgan fingerprint density at radius 1 is 1.07 bits per heavy atom. The van der Waals surface area contributed by atoms with Crippen molar-refractivity contribution in [2.45, 2.75) is 6.54 Å². The quantitative estimate of drug-likeness (QED) is 0.824. The molecule has 0 radical (unpaired) electrons. The Morgan fingerprint density at radius 3 is 2.47 bits per heavy atom. The fraction of sp³-hybridized carbons (Fsp3) is 0.231. The largest absolute Gasteiger partial charge is 0.496 e. The van der Waals surface area contributed by atoms with E-state index in [1.54, 1.807) is 7.11 Å². The molecule has 2 nitrogen and oxygen atoms in total. The third-order valence-corrected chi connectivity index (χ3v) is 2.56. The van der Waals surface area contributed by atoms with E-state index in [2.05, 4.69) is 29.6 Å². The first kappa shape index (κ1) is 9.99. The molecule has 0 aliphatic heterocycles. The van der Waals surface area contributed by atoms with Crippen LogP contribution in [-0.2, 0) is 6.54 Å². The minimum Gasteiger partial charge on any atom is -0.496 e. The van der Waals surface area contributed by atoms with Crippen LogP contribution >= 0.6 is 0 Å². The lowest BCUT2D eigenvalue weighted by Crippen LogP contribution is -2.05. The van der Waals surface area contributed by atoms with Crippen LogP contribution in [0.3, 0.4) is 0 Å². The fourth-order valence-electron chi connectivity index (χ4n) is 1.86. The number of hydrogen-bond acceptors (Lipinski definition) is 2. The van der Waals surface area contributed by atoms with Gasteiger partial charge in [-0.25, -0.2) is 0 Å². The molecule has 0 aliphatic rings. The van der Waals surface area contributed by atoms with Gasteiger partial charge < -0.3 is 10.1 Å². The summed E-state index contributed by atoms with van der Waals surface area (Å²) in [4.78, 5) is 0. The average Bonchev–Trinajstić information content (AvgIpc) is 2.30. The van der Waals surface area contributed by atoms with Gasteiger partial charge in [0, 0.05) is 11.9 Å². The highest BCUT2D eigenvalue weighted by molar-refractivity contribution is 5.91. The minimum atomic E-state index is 0.879. The SMILES string of the molecule is CNCc1ccc(OC)c2ccccc12. The molecule has 0 fully saturated rings. The Hall–Kier alpha value is -1.54. The molecule has 2 aromatic rings. The van der Waals surface area contributed by atoms with Crippen molar-refractivity contribution in [3.63, 3.8) is 0 Å². The van der Waals surface area contributed by atoms with Crippen molar-refractivity contribution in [3.8, 4) is 5.75 Å². The Balaban J connectivity index is 2.66. The van der Waals surface area contributed by atoms with Gasteiger partial charge in [-0.05, 0) is 24.1 Å². The molecule has 2 aromatic carbocycles. The van der Waals surface area contributed by atoms with Gasteiger partial charge >= 0.3 is 0 Å². The number of ether oxygens (including phenoxy) is 1. The van der Waals surface area contributed by atoms with Gasteiger partial charge in [0.25, 0.3) is 0 Å². The van der Waals surface area contributed by atoms with E-state index in [0.717, 1.165) is 12.3 Å². The first-order valence-corrected chi connectivity index (χ1v) is 5.06. The monoisotopic (exact) mass is 201 g/mol. The zero-order valence-electron chi connectivity index (χ0n) is 9.08. The van der Waals surface area contributed by atoms with Crippen LogP contribution in [0.15, 0.2) is 36.4 Å². The van der Waals surface area contributed by atoms with Gasteiger partial charge in [0.2, 0.25) is 0 Å². The van der Waals surface area contributed by atoms with E-state index in [4.69, 9.17) is 4.74 Å². The molecule has 0 spiro atoms. The zero-order chi connectivity index (χ0) is 10.7. The second kappa shape index (κ2) is 4.32. The fourth-order valence-corrected chi connectivity index (χ4v) is 1.86. The maximum absolute atomic E-state index is 5.34. The summed E-state index contributed by atoms with van der Waals surface area (Å²) in [5.74, 6) is 0.936. The lowest BCUT2D eigenvalue weighted by molar-refractivity contribution is 0.419. The van der Waals surface area contributed by atoms with Crippen molar-refractivity contribution in [1.82, 2.24) is 5.32 Å². The molecule has 0 saturated carbocycles. The van der Waals surface area contributed by atoms with Crippen LogP contribution in [0.2, 0.25) is 0 Å². The number of benzene rings is 2. The molecule has 78 valence electrons. The van der Waals surface area contributed by atoms with E-state index in [1.807, 2.05) is 19.2 Å². The minimum absolute atomic E-state index is 0.879. The van der Waals surface area contributed by atoms with Crippen LogP contribution in [0.25, 0.3) is 10.8 Å². The van der Waals surface area contributed by atoms with E-state index in [-0.39, 0.29) is 0 Å². The van der Waals surface area contributed by atoms with Crippen molar-refractivity contribution in [3.05, 3.63) is 42.0 Å². The zero-order valence-corrected chi connectivity index (χ0v) is 9.08. The van der Waals surface area contributed by atoms with Gasteiger partial charge in [-0.15, -0.1) is 0 Å². The molecular formula is C13H15NO. The van der Waals surface area contributed by atoms with E-state index in [9.17, 15) is 0 Å². The maximum Gasteiger partial charge on any atom is 0.126 e. The van der Waals surface area contributed by atoms with Crippen LogP contribution in [0.1, 0.15) is 5.56 Å².